The van der Waals surface area contributed by atoms with Gasteiger partial charge in [-0.25, -0.2) is 4.79 Å². The highest BCUT2D eigenvalue weighted by Gasteiger charge is 2.52. The summed E-state index contributed by atoms with van der Waals surface area (Å²) in [6.07, 6.45) is 1.33. The molecule has 13 heavy (non-hydrogen) atoms. The van der Waals surface area contributed by atoms with E-state index in [0.717, 1.165) is 0 Å². The Bertz CT molecular complexity index is 216. The van der Waals surface area contributed by atoms with Gasteiger partial charge in [0.15, 0.2) is 5.60 Å². The van der Waals surface area contributed by atoms with Crippen LogP contribution in [0.5, 0.6) is 0 Å². The van der Waals surface area contributed by atoms with Gasteiger partial charge in [0.05, 0.1) is 13.2 Å². The minimum absolute atomic E-state index is 0.118. The molecule has 0 atom stereocenters. The number of ether oxygens (including phenoxy) is 2. The summed E-state index contributed by atoms with van der Waals surface area (Å²) in [6.45, 7) is 13.9. The van der Waals surface area contributed by atoms with Crippen molar-refractivity contribution in [2.75, 3.05) is 13.2 Å². The summed E-state index contributed by atoms with van der Waals surface area (Å²) in [5.74, 6) is -0.406. The van der Waals surface area contributed by atoms with E-state index < -0.39 is 11.6 Å². The first-order chi connectivity index (χ1) is 6.10. The van der Waals surface area contributed by atoms with Crippen LogP contribution in [0.4, 0.5) is 0 Å². The van der Waals surface area contributed by atoms with E-state index in [1.165, 1.54) is 0 Å². The predicted molar refractivity (Wildman–Crippen MR) is 46.6 cm³/mol. The average Bonchev–Trinajstić information content (AvgIpc) is 2.82. The molecule has 3 nitrogen and oxygen atoms in total. The van der Waals surface area contributed by atoms with Crippen molar-refractivity contribution in [2.24, 2.45) is 0 Å². The largest absolute Gasteiger partial charge is 0.463 e. The van der Waals surface area contributed by atoms with Gasteiger partial charge < -0.3 is 9.47 Å². The maximum absolute atomic E-state index is 11.2. The van der Waals surface area contributed by atoms with Crippen LogP contribution in [0.25, 0.3) is 0 Å². The van der Waals surface area contributed by atoms with E-state index in [1.807, 2.05) is 0 Å². The minimum Gasteiger partial charge on any atom is -0.463 e. The smallest absolute Gasteiger partial charge is 0.338 e. The van der Waals surface area contributed by atoms with Gasteiger partial charge in [0, 0.05) is 6.92 Å². The zero-order valence-electron chi connectivity index (χ0n) is 7.41. The molecule has 0 aromatic rings. The minimum atomic E-state index is -0.790. The van der Waals surface area contributed by atoms with E-state index in [0.29, 0.717) is 18.4 Å². The molecular weight excluding hydrogens is 168 g/mol. The van der Waals surface area contributed by atoms with Crippen molar-refractivity contribution in [1.29, 1.82) is 0 Å². The quantitative estimate of drug-likeness (QED) is 0.593. The Hall–Kier alpha value is -0.830. The summed E-state index contributed by atoms with van der Waals surface area (Å²) < 4.78 is 9.91. The SMILES string of the molecule is [CH]COC(=O)C1(OCC([CH])=C)CC1. The number of carbonyl (C=O) groups excluding carboxylic acids is 1. The van der Waals surface area contributed by atoms with Crippen LogP contribution in [0.1, 0.15) is 12.8 Å². The van der Waals surface area contributed by atoms with Crippen LogP contribution in [0.2, 0.25) is 0 Å². The molecule has 0 saturated heterocycles. The lowest BCUT2D eigenvalue weighted by Gasteiger charge is -2.14. The summed E-state index contributed by atoms with van der Waals surface area (Å²) >= 11 is 0. The lowest BCUT2D eigenvalue weighted by atomic mass is 10.3. The molecule has 0 amide bonds. The zero-order chi connectivity index (χ0) is 9.90. The standard InChI is InChI=1S/C10H12O3/c1-4-12-9(11)10(5-6-10)13-7-8(2)3/h1-2H,3-7H2. The van der Waals surface area contributed by atoms with Crippen molar-refractivity contribution < 1.29 is 14.3 Å². The highest BCUT2D eigenvalue weighted by molar-refractivity contribution is 5.82. The molecule has 3 heteroatoms. The molecule has 1 aliphatic carbocycles. The van der Waals surface area contributed by atoms with Gasteiger partial charge in [-0.3, -0.25) is 0 Å². The van der Waals surface area contributed by atoms with Gasteiger partial charge in [0.2, 0.25) is 0 Å². The summed E-state index contributed by atoms with van der Waals surface area (Å²) in [4.78, 5) is 11.2. The van der Waals surface area contributed by atoms with E-state index in [-0.39, 0.29) is 13.2 Å². The van der Waals surface area contributed by atoms with Crippen LogP contribution >= 0.6 is 0 Å². The van der Waals surface area contributed by atoms with Crippen molar-refractivity contribution in [1.82, 2.24) is 0 Å². The fraction of sp³-hybridized carbons (Fsp3) is 0.500. The Morgan fingerprint density at radius 1 is 1.54 bits per heavy atom. The fourth-order valence-corrected chi connectivity index (χ4v) is 0.959. The third kappa shape index (κ3) is 2.56. The van der Waals surface area contributed by atoms with E-state index in [9.17, 15) is 4.79 Å². The van der Waals surface area contributed by atoms with Crippen LogP contribution in [-0.4, -0.2) is 24.8 Å². The molecule has 1 saturated carbocycles. The lowest BCUT2D eigenvalue weighted by molar-refractivity contribution is -0.158. The van der Waals surface area contributed by atoms with Gasteiger partial charge in [0.25, 0.3) is 0 Å². The number of rotatable bonds is 5. The van der Waals surface area contributed by atoms with Crippen molar-refractivity contribution in [2.45, 2.75) is 18.4 Å². The summed E-state index contributed by atoms with van der Waals surface area (Å²) in [6, 6.07) is 0. The van der Waals surface area contributed by atoms with Gasteiger partial charge in [-0.15, -0.1) is 0 Å². The Morgan fingerprint density at radius 2 is 2.15 bits per heavy atom. The molecule has 1 fully saturated rings. The molecule has 0 aromatic carbocycles. The zero-order valence-corrected chi connectivity index (χ0v) is 7.41. The van der Waals surface area contributed by atoms with Crippen molar-refractivity contribution in [3.8, 4) is 0 Å². The molecule has 0 aromatic heterocycles. The first kappa shape index (κ1) is 10.3. The normalized spacial score (nSPS) is 18.0. The van der Waals surface area contributed by atoms with Crippen molar-refractivity contribution >= 4 is 5.97 Å². The van der Waals surface area contributed by atoms with Crippen LogP contribution < -0.4 is 0 Å². The average molecular weight is 180 g/mol. The van der Waals surface area contributed by atoms with Gasteiger partial charge in [-0.1, -0.05) is 6.58 Å². The topological polar surface area (TPSA) is 35.5 Å². The lowest BCUT2D eigenvalue weighted by Crippen LogP contribution is -2.29. The summed E-state index contributed by atoms with van der Waals surface area (Å²) in [5.41, 5.74) is -0.395. The Morgan fingerprint density at radius 3 is 2.54 bits per heavy atom. The summed E-state index contributed by atoms with van der Waals surface area (Å²) in [5, 5.41) is 0. The second-order valence-electron chi connectivity index (χ2n) is 3.04. The number of esters is 1. The molecule has 1 aliphatic rings. The van der Waals surface area contributed by atoms with Gasteiger partial charge in [-0.05, 0) is 25.3 Å². The maximum Gasteiger partial charge on any atom is 0.338 e. The van der Waals surface area contributed by atoms with E-state index in [4.69, 9.17) is 18.6 Å². The van der Waals surface area contributed by atoms with Crippen LogP contribution in [0, 0.1) is 13.8 Å². The van der Waals surface area contributed by atoms with Crippen LogP contribution in [0.15, 0.2) is 12.2 Å². The second-order valence-corrected chi connectivity index (χ2v) is 3.04. The van der Waals surface area contributed by atoms with Crippen molar-refractivity contribution in [3.05, 3.63) is 26.0 Å². The van der Waals surface area contributed by atoms with Gasteiger partial charge in [0.1, 0.15) is 0 Å². The monoisotopic (exact) mass is 180 g/mol. The van der Waals surface area contributed by atoms with Crippen LogP contribution in [0.3, 0.4) is 0 Å². The first-order valence-electron chi connectivity index (χ1n) is 4.05. The molecular formula is C10H12O3. The number of hydrogen-bond donors (Lipinski definition) is 0. The number of carbonyl (C=O) groups is 1. The van der Waals surface area contributed by atoms with E-state index >= 15 is 0 Å². The first-order valence-corrected chi connectivity index (χ1v) is 4.05. The van der Waals surface area contributed by atoms with E-state index in [1.54, 1.807) is 0 Å². The molecule has 70 valence electrons. The fourth-order valence-electron chi connectivity index (χ4n) is 0.959. The molecule has 0 N–H and O–H groups in total. The molecule has 0 bridgehead atoms. The maximum atomic E-state index is 11.2. The molecule has 0 heterocycles. The summed E-state index contributed by atoms with van der Waals surface area (Å²) in [7, 11) is 0. The number of hydrogen-bond acceptors (Lipinski definition) is 3. The molecule has 1 rings (SSSR count). The predicted octanol–water partition coefficient (Wildman–Crippen LogP) is 1.06. The Labute approximate surface area is 78.7 Å². The molecule has 0 unspecified atom stereocenters. The Balaban J connectivity index is 2.38. The highest BCUT2D eigenvalue weighted by atomic mass is 16.6. The molecule has 4 radical (unpaired) electrons. The Kier molecular flexibility index (Phi) is 3.09. The van der Waals surface area contributed by atoms with Crippen molar-refractivity contribution in [3.63, 3.8) is 0 Å². The third-order valence-electron chi connectivity index (χ3n) is 1.82. The van der Waals surface area contributed by atoms with Crippen LogP contribution in [-0.2, 0) is 14.3 Å². The van der Waals surface area contributed by atoms with Gasteiger partial charge >= 0.3 is 5.97 Å². The van der Waals surface area contributed by atoms with Gasteiger partial charge in [-0.2, -0.15) is 0 Å². The molecule has 0 spiro atoms. The molecule has 0 aliphatic heterocycles. The highest BCUT2D eigenvalue weighted by Crippen LogP contribution is 2.40. The second kappa shape index (κ2) is 3.92. The van der Waals surface area contributed by atoms with E-state index in [2.05, 4.69) is 11.3 Å². The third-order valence-corrected chi connectivity index (χ3v) is 1.82.